The summed E-state index contributed by atoms with van der Waals surface area (Å²) in [6.45, 7) is 3.91. The summed E-state index contributed by atoms with van der Waals surface area (Å²) in [5.74, 6) is 0.625. The lowest BCUT2D eigenvalue weighted by Crippen LogP contribution is -2.06. The van der Waals surface area contributed by atoms with Gasteiger partial charge >= 0.3 is 0 Å². The maximum Gasteiger partial charge on any atom is 0.135 e. The summed E-state index contributed by atoms with van der Waals surface area (Å²) in [5, 5.41) is 0. The monoisotopic (exact) mass is 240 g/mol. The van der Waals surface area contributed by atoms with Crippen molar-refractivity contribution in [2.24, 2.45) is 5.92 Å². The Morgan fingerprint density at radius 2 is 2.11 bits per heavy atom. The molecule has 0 aromatic rings. The normalized spacial score (nSPS) is 10.2. The summed E-state index contributed by atoms with van der Waals surface area (Å²) in [6.07, 6.45) is 1.80. The van der Waals surface area contributed by atoms with Gasteiger partial charge in [0.1, 0.15) is 5.78 Å². The van der Waals surface area contributed by atoms with Crippen LogP contribution in [0.4, 0.5) is 0 Å². The molecule has 0 radical (unpaired) electrons. The van der Waals surface area contributed by atoms with E-state index in [1.54, 1.807) is 0 Å². The van der Waals surface area contributed by atoms with E-state index in [9.17, 15) is 4.79 Å². The molecule has 0 N–H and O–H groups in total. The third-order valence-corrected chi connectivity index (χ3v) is 1.96. The van der Waals surface area contributed by atoms with Gasteiger partial charge in [-0.25, -0.2) is 0 Å². The molecule has 0 bridgehead atoms. The largest absolute Gasteiger partial charge is 0.299 e. The highest BCUT2D eigenvalue weighted by Crippen LogP contribution is 2.02. The number of alkyl halides is 1. The average molecular weight is 240 g/mol. The summed E-state index contributed by atoms with van der Waals surface area (Å²) in [6, 6.07) is 0. The molecule has 0 aliphatic rings. The van der Waals surface area contributed by atoms with E-state index in [4.69, 9.17) is 0 Å². The Morgan fingerprint density at radius 3 is 2.44 bits per heavy atom. The fourth-order valence-electron chi connectivity index (χ4n) is 0.530. The van der Waals surface area contributed by atoms with E-state index in [-0.39, 0.29) is 5.92 Å². The highest BCUT2D eigenvalue weighted by atomic mass is 127. The molecule has 0 aromatic carbocycles. The number of Topliss-reactive ketones (excluding diaryl/α,β-unsaturated/α-hetero) is 1. The lowest BCUT2D eigenvalue weighted by atomic mass is 10.1. The van der Waals surface area contributed by atoms with Crippen molar-refractivity contribution in [3.63, 3.8) is 0 Å². The van der Waals surface area contributed by atoms with Crippen LogP contribution >= 0.6 is 22.6 Å². The molecule has 1 nitrogen and oxygen atoms in total. The molecule has 0 unspecified atom stereocenters. The quantitative estimate of drug-likeness (QED) is 0.544. The van der Waals surface area contributed by atoms with Gasteiger partial charge in [-0.05, 0) is 10.8 Å². The van der Waals surface area contributed by atoms with Crippen LogP contribution in [-0.2, 0) is 4.79 Å². The molecule has 0 saturated heterocycles. The van der Waals surface area contributed by atoms with Gasteiger partial charge in [0.2, 0.25) is 0 Å². The highest BCUT2D eigenvalue weighted by molar-refractivity contribution is 14.1. The molecule has 0 saturated carbocycles. The van der Waals surface area contributed by atoms with E-state index in [0.717, 1.165) is 17.3 Å². The molecule has 0 aromatic heterocycles. The van der Waals surface area contributed by atoms with E-state index in [0.29, 0.717) is 5.78 Å². The Bertz CT molecular complexity index is 88.9. The minimum absolute atomic E-state index is 0.230. The summed E-state index contributed by atoms with van der Waals surface area (Å²) < 4.78 is 1.09. The molecule has 0 fully saturated rings. The number of ketones is 1. The molecule has 0 rings (SSSR count). The van der Waals surface area contributed by atoms with E-state index in [2.05, 4.69) is 22.6 Å². The van der Waals surface area contributed by atoms with Crippen LogP contribution in [0.1, 0.15) is 26.7 Å². The third kappa shape index (κ3) is 4.88. The van der Waals surface area contributed by atoms with Gasteiger partial charge in [0.05, 0.1) is 0 Å². The van der Waals surface area contributed by atoms with E-state index in [1.807, 2.05) is 13.8 Å². The first-order valence-corrected chi connectivity index (χ1v) is 4.79. The molecule has 0 spiro atoms. The zero-order chi connectivity index (χ0) is 7.28. The first-order valence-electron chi connectivity index (χ1n) is 3.27. The van der Waals surface area contributed by atoms with E-state index < -0.39 is 0 Å². The van der Waals surface area contributed by atoms with Crippen LogP contribution in [0.3, 0.4) is 0 Å². The number of carbonyl (C=O) groups excluding carboxylic acids is 1. The van der Waals surface area contributed by atoms with Gasteiger partial charge in [-0.2, -0.15) is 0 Å². The van der Waals surface area contributed by atoms with Crippen molar-refractivity contribution in [1.82, 2.24) is 0 Å². The minimum atomic E-state index is 0.230. The topological polar surface area (TPSA) is 17.1 Å². The Balaban J connectivity index is 3.28. The number of rotatable bonds is 4. The molecule has 0 heterocycles. The standard InChI is InChI=1S/C7H13IO/c1-6(2)7(9)4-3-5-8/h6H,3-5H2,1-2H3. The SMILES string of the molecule is CC(C)C(=O)CCCI. The second kappa shape index (κ2) is 5.21. The van der Waals surface area contributed by atoms with Crippen LogP contribution in [-0.4, -0.2) is 10.2 Å². The summed E-state index contributed by atoms with van der Waals surface area (Å²) >= 11 is 2.29. The predicted molar refractivity (Wildman–Crippen MR) is 48.0 cm³/mol. The summed E-state index contributed by atoms with van der Waals surface area (Å²) in [7, 11) is 0. The average Bonchev–Trinajstić information content (AvgIpc) is 1.82. The van der Waals surface area contributed by atoms with Gasteiger partial charge in [0.15, 0.2) is 0 Å². The molecular formula is C7H13IO. The third-order valence-electron chi connectivity index (χ3n) is 1.20. The number of hydrogen-bond acceptors (Lipinski definition) is 1. The van der Waals surface area contributed by atoms with Crippen molar-refractivity contribution in [2.45, 2.75) is 26.7 Å². The van der Waals surface area contributed by atoms with Gasteiger partial charge in [-0.15, -0.1) is 0 Å². The molecule has 9 heavy (non-hydrogen) atoms. The van der Waals surface area contributed by atoms with Gasteiger partial charge in [-0.1, -0.05) is 36.4 Å². The first-order chi connectivity index (χ1) is 4.18. The molecule has 54 valence electrons. The van der Waals surface area contributed by atoms with Crippen molar-refractivity contribution >= 4 is 28.4 Å². The van der Waals surface area contributed by atoms with Crippen molar-refractivity contribution in [3.05, 3.63) is 0 Å². The molecule has 0 atom stereocenters. The van der Waals surface area contributed by atoms with Crippen molar-refractivity contribution in [2.75, 3.05) is 4.43 Å². The summed E-state index contributed by atoms with van der Waals surface area (Å²) in [5.41, 5.74) is 0. The number of carbonyl (C=O) groups is 1. The lowest BCUT2D eigenvalue weighted by molar-refractivity contribution is -0.121. The summed E-state index contributed by atoms with van der Waals surface area (Å²) in [4.78, 5) is 10.9. The minimum Gasteiger partial charge on any atom is -0.299 e. The Labute approximate surface area is 70.4 Å². The van der Waals surface area contributed by atoms with Crippen molar-refractivity contribution < 1.29 is 4.79 Å². The fraction of sp³-hybridized carbons (Fsp3) is 0.857. The molecular weight excluding hydrogens is 227 g/mol. The number of halogens is 1. The van der Waals surface area contributed by atoms with Crippen LogP contribution < -0.4 is 0 Å². The maximum atomic E-state index is 10.9. The van der Waals surface area contributed by atoms with Gasteiger partial charge in [0.25, 0.3) is 0 Å². The first kappa shape index (κ1) is 9.40. The molecule has 0 aliphatic heterocycles. The predicted octanol–water partition coefficient (Wildman–Crippen LogP) is 2.43. The zero-order valence-corrected chi connectivity index (χ0v) is 8.14. The Hall–Kier alpha value is 0.400. The molecule has 0 amide bonds. The van der Waals surface area contributed by atoms with Crippen LogP contribution in [0.15, 0.2) is 0 Å². The van der Waals surface area contributed by atoms with Crippen LogP contribution in [0.5, 0.6) is 0 Å². The maximum absolute atomic E-state index is 10.9. The van der Waals surface area contributed by atoms with Crippen LogP contribution in [0.25, 0.3) is 0 Å². The van der Waals surface area contributed by atoms with Crippen molar-refractivity contribution in [3.8, 4) is 0 Å². The van der Waals surface area contributed by atoms with Gasteiger partial charge in [0, 0.05) is 12.3 Å². The fourth-order valence-corrected chi connectivity index (χ4v) is 0.911. The van der Waals surface area contributed by atoms with Crippen LogP contribution in [0.2, 0.25) is 0 Å². The molecule has 2 heteroatoms. The molecule has 0 aliphatic carbocycles. The van der Waals surface area contributed by atoms with Crippen molar-refractivity contribution in [1.29, 1.82) is 0 Å². The van der Waals surface area contributed by atoms with Crippen LogP contribution in [0, 0.1) is 5.92 Å². The van der Waals surface area contributed by atoms with E-state index >= 15 is 0 Å². The Kier molecular flexibility index (Phi) is 5.44. The smallest absolute Gasteiger partial charge is 0.135 e. The second-order valence-corrected chi connectivity index (χ2v) is 3.49. The van der Waals surface area contributed by atoms with Gasteiger partial charge in [-0.3, -0.25) is 4.79 Å². The van der Waals surface area contributed by atoms with E-state index in [1.165, 1.54) is 0 Å². The Morgan fingerprint density at radius 1 is 1.56 bits per heavy atom. The number of hydrogen-bond donors (Lipinski definition) is 0. The second-order valence-electron chi connectivity index (χ2n) is 2.41. The van der Waals surface area contributed by atoms with Gasteiger partial charge < -0.3 is 0 Å². The highest BCUT2D eigenvalue weighted by Gasteiger charge is 2.04. The zero-order valence-electron chi connectivity index (χ0n) is 5.98. The lowest BCUT2D eigenvalue weighted by Gasteiger charge is -2.00.